The second-order valence-electron chi connectivity index (χ2n) is 6.19. The quantitative estimate of drug-likeness (QED) is 0.682. The zero-order valence-corrected chi connectivity index (χ0v) is 12.5. The average molecular weight is 307 g/mol. The summed E-state index contributed by atoms with van der Waals surface area (Å²) in [5.41, 5.74) is 2.02. The molecule has 0 aliphatic carbocycles. The van der Waals surface area contributed by atoms with E-state index >= 15 is 0 Å². The van der Waals surface area contributed by atoms with Crippen LogP contribution in [0.4, 0.5) is 17.5 Å². The van der Waals surface area contributed by atoms with Gasteiger partial charge in [0, 0.05) is 42.4 Å². The molecule has 0 amide bonds. The van der Waals surface area contributed by atoms with Crippen LogP contribution in [0.3, 0.4) is 0 Å². The minimum Gasteiger partial charge on any atom is -0.340 e. The van der Waals surface area contributed by atoms with Crippen LogP contribution in [-0.2, 0) is 0 Å². The van der Waals surface area contributed by atoms with Gasteiger partial charge in [0.15, 0.2) is 0 Å². The number of rotatable bonds is 3. The van der Waals surface area contributed by atoms with E-state index in [1.807, 2.05) is 30.6 Å². The summed E-state index contributed by atoms with van der Waals surface area (Å²) >= 11 is 0. The number of nitrogens with one attached hydrogen (secondary N) is 3. The van der Waals surface area contributed by atoms with Crippen molar-refractivity contribution in [3.8, 4) is 0 Å². The zero-order valence-electron chi connectivity index (χ0n) is 12.5. The number of hydrogen-bond acceptors (Lipinski definition) is 6. The second-order valence-corrected chi connectivity index (χ2v) is 6.19. The number of H-pyrrole nitrogens is 1. The van der Waals surface area contributed by atoms with Crippen LogP contribution in [0, 0.1) is 0 Å². The Labute approximate surface area is 133 Å². The van der Waals surface area contributed by atoms with Gasteiger partial charge in [-0.3, -0.25) is 5.10 Å². The highest BCUT2D eigenvalue weighted by molar-refractivity contribution is 5.82. The monoisotopic (exact) mass is 307 g/mol. The molecular weight excluding hydrogens is 290 g/mol. The first kappa shape index (κ1) is 12.8. The summed E-state index contributed by atoms with van der Waals surface area (Å²) in [6.07, 6.45) is 4.83. The van der Waals surface area contributed by atoms with Gasteiger partial charge >= 0.3 is 0 Å². The lowest BCUT2D eigenvalue weighted by Crippen LogP contribution is -2.44. The molecule has 2 aliphatic heterocycles. The van der Waals surface area contributed by atoms with Crippen LogP contribution in [0.15, 0.2) is 36.7 Å². The molecule has 2 fully saturated rings. The maximum Gasteiger partial charge on any atom is 0.227 e. The minimum atomic E-state index is 0.525. The molecule has 2 aliphatic rings. The van der Waals surface area contributed by atoms with Gasteiger partial charge < -0.3 is 15.5 Å². The Morgan fingerprint density at radius 3 is 3.13 bits per heavy atom. The molecule has 2 aromatic heterocycles. The molecule has 4 heterocycles. The van der Waals surface area contributed by atoms with Crippen LogP contribution in [0.25, 0.3) is 10.9 Å². The van der Waals surface area contributed by atoms with E-state index in [2.05, 4.69) is 41.8 Å². The molecule has 7 nitrogen and oxygen atoms in total. The number of aromatic amines is 1. The van der Waals surface area contributed by atoms with Crippen molar-refractivity contribution in [1.82, 2.24) is 25.5 Å². The van der Waals surface area contributed by atoms with Gasteiger partial charge in [0.25, 0.3) is 0 Å². The lowest BCUT2D eigenvalue weighted by Gasteiger charge is -2.27. The first-order valence-corrected chi connectivity index (χ1v) is 7.88. The maximum atomic E-state index is 4.69. The topological polar surface area (TPSA) is 81.8 Å². The van der Waals surface area contributed by atoms with Gasteiger partial charge in [0.05, 0.1) is 11.7 Å². The summed E-state index contributed by atoms with van der Waals surface area (Å²) in [6.45, 7) is 2.03. The fourth-order valence-corrected chi connectivity index (χ4v) is 3.53. The molecule has 7 heteroatoms. The van der Waals surface area contributed by atoms with E-state index in [0.717, 1.165) is 41.4 Å². The highest BCUT2D eigenvalue weighted by Gasteiger charge is 2.38. The van der Waals surface area contributed by atoms with E-state index in [0.29, 0.717) is 12.1 Å². The fourth-order valence-electron chi connectivity index (χ4n) is 3.53. The van der Waals surface area contributed by atoms with E-state index in [1.54, 1.807) is 0 Å². The fraction of sp³-hybridized carbons (Fsp3) is 0.312. The van der Waals surface area contributed by atoms with Crippen LogP contribution < -0.4 is 15.5 Å². The predicted octanol–water partition coefficient (Wildman–Crippen LogP) is 1.65. The molecule has 23 heavy (non-hydrogen) atoms. The van der Waals surface area contributed by atoms with Gasteiger partial charge in [-0.05, 0) is 30.7 Å². The minimum absolute atomic E-state index is 0.525. The lowest BCUT2D eigenvalue weighted by molar-refractivity contribution is 0.572. The van der Waals surface area contributed by atoms with Crippen molar-refractivity contribution in [3.63, 3.8) is 0 Å². The van der Waals surface area contributed by atoms with E-state index in [4.69, 9.17) is 0 Å². The number of hydrogen-bond donors (Lipinski definition) is 3. The summed E-state index contributed by atoms with van der Waals surface area (Å²) < 4.78 is 0. The molecule has 0 saturated carbocycles. The number of piperazine rings is 1. The zero-order chi connectivity index (χ0) is 15.2. The van der Waals surface area contributed by atoms with E-state index < -0.39 is 0 Å². The smallest absolute Gasteiger partial charge is 0.227 e. The largest absolute Gasteiger partial charge is 0.340 e. The summed E-state index contributed by atoms with van der Waals surface area (Å²) in [7, 11) is 0. The maximum absolute atomic E-state index is 4.69. The normalized spacial score (nSPS) is 22.9. The number of benzene rings is 1. The molecule has 2 saturated heterocycles. The molecule has 2 unspecified atom stereocenters. The van der Waals surface area contributed by atoms with Crippen LogP contribution >= 0.6 is 0 Å². The SMILES string of the molecule is c1cc(Nc2ccc3[nH]ncc3c2)nc(N2CC3CC2CN3)n1. The van der Waals surface area contributed by atoms with E-state index in [9.17, 15) is 0 Å². The summed E-state index contributed by atoms with van der Waals surface area (Å²) in [4.78, 5) is 11.5. The first-order valence-electron chi connectivity index (χ1n) is 7.88. The van der Waals surface area contributed by atoms with Crippen LogP contribution in [0.1, 0.15) is 6.42 Å². The number of nitrogens with zero attached hydrogens (tertiary/aromatic N) is 4. The van der Waals surface area contributed by atoms with Gasteiger partial charge in [-0.25, -0.2) is 4.98 Å². The van der Waals surface area contributed by atoms with E-state index in [1.165, 1.54) is 6.42 Å². The number of anilines is 3. The number of aromatic nitrogens is 4. The second kappa shape index (κ2) is 4.92. The lowest BCUT2D eigenvalue weighted by atomic mass is 10.2. The Morgan fingerprint density at radius 2 is 2.26 bits per heavy atom. The predicted molar refractivity (Wildman–Crippen MR) is 89.0 cm³/mol. The molecule has 0 spiro atoms. The van der Waals surface area contributed by atoms with Crippen molar-refractivity contribution >= 4 is 28.4 Å². The Balaban J connectivity index is 1.41. The molecule has 3 aromatic rings. The Bertz CT molecular complexity index is 858. The third-order valence-corrected chi connectivity index (χ3v) is 4.67. The standard InChI is InChI=1S/C16H17N7/c1-2-14-10(7-19-22-14)5-11(1)20-15-3-4-17-16(21-15)23-9-12-6-13(23)8-18-12/h1-5,7,12-13,18H,6,8-9H2,(H,19,22)(H,17,20,21). The Morgan fingerprint density at radius 1 is 1.26 bits per heavy atom. The molecule has 3 N–H and O–H groups in total. The van der Waals surface area contributed by atoms with Gasteiger partial charge in [0.2, 0.25) is 5.95 Å². The highest BCUT2D eigenvalue weighted by Crippen LogP contribution is 2.28. The van der Waals surface area contributed by atoms with E-state index in [-0.39, 0.29) is 0 Å². The molecule has 2 bridgehead atoms. The average Bonchev–Trinajstić information content (AvgIpc) is 3.31. The summed E-state index contributed by atoms with van der Waals surface area (Å²) in [6, 6.07) is 9.10. The summed E-state index contributed by atoms with van der Waals surface area (Å²) in [5.74, 6) is 1.63. The number of fused-ring (bicyclic) bond motifs is 3. The molecule has 2 atom stereocenters. The molecule has 0 radical (unpaired) electrons. The van der Waals surface area contributed by atoms with Crippen molar-refractivity contribution in [2.24, 2.45) is 0 Å². The molecular formula is C16H17N7. The van der Waals surface area contributed by atoms with Gasteiger partial charge in [-0.1, -0.05) is 0 Å². The van der Waals surface area contributed by atoms with Crippen LogP contribution in [0.5, 0.6) is 0 Å². The van der Waals surface area contributed by atoms with Crippen molar-refractivity contribution in [2.45, 2.75) is 18.5 Å². The van der Waals surface area contributed by atoms with Crippen molar-refractivity contribution in [3.05, 3.63) is 36.7 Å². The van der Waals surface area contributed by atoms with Gasteiger partial charge in [-0.2, -0.15) is 10.1 Å². The molecule has 5 rings (SSSR count). The van der Waals surface area contributed by atoms with Gasteiger partial charge in [-0.15, -0.1) is 0 Å². The van der Waals surface area contributed by atoms with Crippen LogP contribution in [-0.4, -0.2) is 45.3 Å². The summed E-state index contributed by atoms with van der Waals surface area (Å²) in [5, 5.41) is 14.9. The van der Waals surface area contributed by atoms with Crippen molar-refractivity contribution in [1.29, 1.82) is 0 Å². The van der Waals surface area contributed by atoms with Crippen LogP contribution in [0.2, 0.25) is 0 Å². The molecule has 116 valence electrons. The van der Waals surface area contributed by atoms with Crippen molar-refractivity contribution < 1.29 is 0 Å². The first-order chi connectivity index (χ1) is 11.3. The third kappa shape index (κ3) is 2.20. The molecule has 1 aromatic carbocycles. The van der Waals surface area contributed by atoms with Gasteiger partial charge in [0.1, 0.15) is 5.82 Å². The Hall–Kier alpha value is -2.67. The third-order valence-electron chi connectivity index (χ3n) is 4.67. The van der Waals surface area contributed by atoms with Crippen molar-refractivity contribution in [2.75, 3.05) is 23.3 Å². The highest BCUT2D eigenvalue weighted by atomic mass is 15.3. The Kier molecular flexibility index (Phi) is 2.75.